The number of hydrogen-bond acceptors (Lipinski definition) is 4. The molecule has 2 rings (SSSR count). The van der Waals surface area contributed by atoms with Gasteiger partial charge in [0.15, 0.2) is 0 Å². The predicted octanol–water partition coefficient (Wildman–Crippen LogP) is 3.53. The van der Waals surface area contributed by atoms with Gasteiger partial charge in [-0.15, -0.1) is 0 Å². The minimum atomic E-state index is -0.437. The van der Waals surface area contributed by atoms with Gasteiger partial charge in [0.2, 0.25) is 0 Å². The van der Waals surface area contributed by atoms with Crippen LogP contribution >= 0.6 is 0 Å². The maximum absolute atomic E-state index is 13.1. The molecule has 0 heterocycles. The molecule has 2 aromatic carbocycles. The summed E-state index contributed by atoms with van der Waals surface area (Å²) in [5.41, 5.74) is 2.95. The molecule has 0 saturated heterocycles. The van der Waals surface area contributed by atoms with Crippen LogP contribution < -0.4 is 4.74 Å². The van der Waals surface area contributed by atoms with E-state index in [-0.39, 0.29) is 25.6 Å². The van der Waals surface area contributed by atoms with Crippen LogP contribution in [0.1, 0.15) is 12.5 Å². The van der Waals surface area contributed by atoms with Crippen molar-refractivity contribution in [3.63, 3.8) is 0 Å². The summed E-state index contributed by atoms with van der Waals surface area (Å²) in [5.74, 6) is -0.114. The van der Waals surface area contributed by atoms with Crippen molar-refractivity contribution < 1.29 is 23.8 Å². The lowest BCUT2D eigenvalue weighted by Gasteiger charge is -2.13. The van der Waals surface area contributed by atoms with Gasteiger partial charge in [-0.25, -0.2) is 9.18 Å². The van der Waals surface area contributed by atoms with Crippen molar-refractivity contribution in [1.29, 1.82) is 0 Å². The van der Waals surface area contributed by atoms with Gasteiger partial charge in [-0.1, -0.05) is 24.8 Å². The minimum absolute atomic E-state index is 0.0935. The van der Waals surface area contributed by atoms with Gasteiger partial charge in [-0.2, -0.15) is 0 Å². The number of aliphatic hydroxyl groups excluding tert-OH is 1. The molecule has 0 aromatic heterocycles. The lowest BCUT2D eigenvalue weighted by Crippen LogP contribution is -2.10. The maximum Gasteiger partial charge on any atom is 0.333 e. The summed E-state index contributed by atoms with van der Waals surface area (Å²) in [7, 11) is 0. The van der Waals surface area contributed by atoms with Crippen LogP contribution in [0, 0.1) is 5.82 Å². The molecule has 132 valence electrons. The Kier molecular flexibility index (Phi) is 6.71. The zero-order chi connectivity index (χ0) is 18.2. The van der Waals surface area contributed by atoms with E-state index in [1.807, 2.05) is 12.1 Å². The first-order valence-corrected chi connectivity index (χ1v) is 7.96. The molecule has 0 amide bonds. The number of benzene rings is 2. The Labute approximate surface area is 146 Å². The highest BCUT2D eigenvalue weighted by molar-refractivity contribution is 5.86. The van der Waals surface area contributed by atoms with E-state index in [9.17, 15) is 9.18 Å². The summed E-state index contributed by atoms with van der Waals surface area (Å²) in [5, 5.41) is 8.95. The second-order valence-corrected chi connectivity index (χ2v) is 5.57. The van der Waals surface area contributed by atoms with Crippen LogP contribution in [0.2, 0.25) is 0 Å². The third-order valence-electron chi connectivity index (χ3n) is 3.54. The highest BCUT2D eigenvalue weighted by Crippen LogP contribution is 2.27. The van der Waals surface area contributed by atoms with Gasteiger partial charge in [-0.05, 0) is 47.9 Å². The van der Waals surface area contributed by atoms with Crippen LogP contribution in [0.4, 0.5) is 4.39 Å². The predicted molar refractivity (Wildman–Crippen MR) is 93.9 cm³/mol. The molecule has 0 aliphatic carbocycles. The molecule has 0 bridgehead atoms. The van der Waals surface area contributed by atoms with E-state index in [0.29, 0.717) is 17.7 Å². The van der Waals surface area contributed by atoms with Crippen molar-refractivity contribution in [2.75, 3.05) is 19.8 Å². The number of ether oxygens (including phenoxy) is 2. The average Bonchev–Trinajstić information content (AvgIpc) is 2.61. The van der Waals surface area contributed by atoms with E-state index in [0.717, 1.165) is 16.7 Å². The molecule has 0 aliphatic heterocycles. The van der Waals surface area contributed by atoms with E-state index >= 15 is 0 Å². The quantitative estimate of drug-likeness (QED) is 0.588. The van der Waals surface area contributed by atoms with Gasteiger partial charge < -0.3 is 14.6 Å². The zero-order valence-electron chi connectivity index (χ0n) is 14.1. The SMILES string of the molecule is C=C(C)C(=O)OCCc1cc(-c2ccc(F)cc2)ccc1OCCO. The maximum atomic E-state index is 13.1. The smallest absolute Gasteiger partial charge is 0.333 e. The lowest BCUT2D eigenvalue weighted by molar-refractivity contribution is -0.138. The lowest BCUT2D eigenvalue weighted by atomic mass is 10.0. The second-order valence-electron chi connectivity index (χ2n) is 5.57. The third-order valence-corrected chi connectivity index (χ3v) is 3.54. The Morgan fingerprint density at radius 2 is 1.80 bits per heavy atom. The Morgan fingerprint density at radius 3 is 2.44 bits per heavy atom. The molecule has 0 atom stereocenters. The topological polar surface area (TPSA) is 55.8 Å². The van der Waals surface area contributed by atoms with Gasteiger partial charge in [0, 0.05) is 12.0 Å². The molecule has 25 heavy (non-hydrogen) atoms. The van der Waals surface area contributed by atoms with Crippen LogP contribution in [0.5, 0.6) is 5.75 Å². The highest BCUT2D eigenvalue weighted by Gasteiger charge is 2.09. The summed E-state index contributed by atoms with van der Waals surface area (Å²) in [6, 6.07) is 11.8. The number of halogens is 1. The standard InChI is InChI=1S/C20H21FO4/c1-14(2)20(23)25-11-9-17-13-16(5-8-19(17)24-12-10-22)15-3-6-18(21)7-4-15/h3-8,13,22H,1,9-12H2,2H3. The number of carbonyl (C=O) groups is 1. The van der Waals surface area contributed by atoms with Crippen molar-refractivity contribution in [2.24, 2.45) is 0 Å². The number of rotatable bonds is 8. The van der Waals surface area contributed by atoms with Gasteiger partial charge in [0.1, 0.15) is 18.2 Å². The molecule has 5 heteroatoms. The minimum Gasteiger partial charge on any atom is -0.491 e. The van der Waals surface area contributed by atoms with Crippen molar-refractivity contribution >= 4 is 5.97 Å². The fraction of sp³-hybridized carbons (Fsp3) is 0.250. The van der Waals surface area contributed by atoms with E-state index < -0.39 is 5.97 Å². The third kappa shape index (κ3) is 5.43. The Balaban J connectivity index is 2.19. The van der Waals surface area contributed by atoms with Gasteiger partial charge in [0.25, 0.3) is 0 Å². The summed E-state index contributed by atoms with van der Waals surface area (Å²) < 4.78 is 23.8. The molecule has 1 N–H and O–H groups in total. The normalized spacial score (nSPS) is 10.4. The van der Waals surface area contributed by atoms with Crippen molar-refractivity contribution in [2.45, 2.75) is 13.3 Å². The van der Waals surface area contributed by atoms with Gasteiger partial charge in [-0.3, -0.25) is 0 Å². The molecule has 0 saturated carbocycles. The van der Waals surface area contributed by atoms with Crippen LogP contribution in [-0.2, 0) is 16.0 Å². The first kappa shape index (κ1) is 18.7. The van der Waals surface area contributed by atoms with Crippen LogP contribution in [-0.4, -0.2) is 30.9 Å². The number of aliphatic hydroxyl groups is 1. The summed E-state index contributed by atoms with van der Waals surface area (Å²) in [4.78, 5) is 11.5. The molecule has 2 aromatic rings. The van der Waals surface area contributed by atoms with Crippen LogP contribution in [0.15, 0.2) is 54.6 Å². The number of esters is 1. The van der Waals surface area contributed by atoms with E-state index in [1.165, 1.54) is 12.1 Å². The van der Waals surface area contributed by atoms with Gasteiger partial charge in [0.05, 0.1) is 13.2 Å². The van der Waals surface area contributed by atoms with Crippen molar-refractivity contribution in [3.8, 4) is 16.9 Å². The number of hydrogen-bond donors (Lipinski definition) is 1. The molecular weight excluding hydrogens is 323 g/mol. The molecule has 0 aliphatic rings. The molecule has 4 nitrogen and oxygen atoms in total. The van der Waals surface area contributed by atoms with Crippen molar-refractivity contribution in [1.82, 2.24) is 0 Å². The Hall–Kier alpha value is -2.66. The Bertz CT molecular complexity index is 738. The number of carbonyl (C=O) groups excluding carboxylic acids is 1. The highest BCUT2D eigenvalue weighted by atomic mass is 19.1. The van der Waals surface area contributed by atoms with E-state index in [4.69, 9.17) is 14.6 Å². The molecule has 0 radical (unpaired) electrons. The summed E-state index contributed by atoms with van der Waals surface area (Å²) in [6.45, 7) is 5.40. The van der Waals surface area contributed by atoms with Crippen LogP contribution in [0.25, 0.3) is 11.1 Å². The molecule has 0 fully saturated rings. The van der Waals surface area contributed by atoms with E-state index in [2.05, 4.69) is 6.58 Å². The molecule has 0 spiro atoms. The molecule has 0 unspecified atom stereocenters. The van der Waals surface area contributed by atoms with E-state index in [1.54, 1.807) is 25.1 Å². The fourth-order valence-electron chi connectivity index (χ4n) is 2.27. The first-order chi connectivity index (χ1) is 12.0. The first-order valence-electron chi connectivity index (χ1n) is 7.96. The van der Waals surface area contributed by atoms with Gasteiger partial charge >= 0.3 is 5.97 Å². The zero-order valence-corrected chi connectivity index (χ0v) is 14.1. The average molecular weight is 344 g/mol. The second kappa shape index (κ2) is 8.99. The van der Waals surface area contributed by atoms with Crippen molar-refractivity contribution in [3.05, 3.63) is 66.0 Å². The summed E-state index contributed by atoms with van der Waals surface area (Å²) in [6.07, 6.45) is 0.453. The monoisotopic (exact) mass is 344 g/mol. The van der Waals surface area contributed by atoms with Crippen LogP contribution in [0.3, 0.4) is 0 Å². The fourth-order valence-corrected chi connectivity index (χ4v) is 2.27. The summed E-state index contributed by atoms with van der Waals surface area (Å²) >= 11 is 0. The largest absolute Gasteiger partial charge is 0.491 e. The Morgan fingerprint density at radius 1 is 1.12 bits per heavy atom. The molecular formula is C20H21FO4.